The van der Waals surface area contributed by atoms with Crippen molar-refractivity contribution in [3.05, 3.63) is 144 Å². The highest BCUT2D eigenvalue weighted by atomic mass is 32.1. The fourth-order valence-corrected chi connectivity index (χ4v) is 6.80. The first-order valence-corrected chi connectivity index (χ1v) is 16.0. The van der Waals surface area contributed by atoms with Gasteiger partial charge in [0.25, 0.3) is 0 Å². The van der Waals surface area contributed by atoms with Crippen molar-refractivity contribution in [3.63, 3.8) is 0 Å². The summed E-state index contributed by atoms with van der Waals surface area (Å²) in [6.07, 6.45) is 1.74. The van der Waals surface area contributed by atoms with Gasteiger partial charge in [-0.15, -0.1) is 11.3 Å². The molecule has 0 bridgehead atoms. The number of aromatic hydroxyl groups is 1. The van der Waals surface area contributed by atoms with Gasteiger partial charge in [-0.1, -0.05) is 106 Å². The molecule has 0 atom stereocenters. The topological polar surface area (TPSA) is 49.8 Å². The molecule has 0 fully saturated rings. The first-order chi connectivity index (χ1) is 22.3. The molecule has 7 aromatic rings. The van der Waals surface area contributed by atoms with Gasteiger partial charge in [-0.3, -0.25) is 4.99 Å². The maximum absolute atomic E-state index is 10.6. The summed E-state index contributed by atoms with van der Waals surface area (Å²) in [6.45, 7) is 13.8. The summed E-state index contributed by atoms with van der Waals surface area (Å²) in [4.78, 5) is 13.7. The van der Waals surface area contributed by atoms with E-state index in [1.807, 2.05) is 54.6 Å². The van der Waals surface area contributed by atoms with Crippen LogP contribution in [0.1, 0.15) is 31.9 Å². The molecule has 0 spiro atoms. The zero-order valence-corrected chi connectivity index (χ0v) is 26.6. The van der Waals surface area contributed by atoms with E-state index in [0.717, 1.165) is 54.3 Å². The van der Waals surface area contributed by atoms with Crippen molar-refractivity contribution in [1.82, 2.24) is 4.98 Å². The van der Waals surface area contributed by atoms with Crippen LogP contribution >= 0.6 is 11.3 Å². The average Bonchev–Trinajstić information content (AvgIpc) is 3.51. The van der Waals surface area contributed by atoms with E-state index in [0.29, 0.717) is 11.3 Å². The predicted molar refractivity (Wildman–Crippen MR) is 194 cm³/mol. The van der Waals surface area contributed by atoms with Crippen LogP contribution in [0.5, 0.6) is 5.75 Å². The van der Waals surface area contributed by atoms with E-state index >= 15 is 0 Å². The molecular formula is C41H31N3OS. The summed E-state index contributed by atoms with van der Waals surface area (Å²) in [7, 11) is 0. The summed E-state index contributed by atoms with van der Waals surface area (Å²) < 4.78 is 1.07. The molecule has 1 heterocycles. The minimum Gasteiger partial charge on any atom is -0.507 e. The van der Waals surface area contributed by atoms with Crippen LogP contribution in [0.3, 0.4) is 0 Å². The highest BCUT2D eigenvalue weighted by Crippen LogP contribution is 2.43. The molecule has 7 rings (SSSR count). The van der Waals surface area contributed by atoms with Crippen molar-refractivity contribution in [2.24, 2.45) is 4.99 Å². The maximum Gasteiger partial charge on any atom is 0.187 e. The summed E-state index contributed by atoms with van der Waals surface area (Å²) in [5.74, 6) is 0.200. The van der Waals surface area contributed by atoms with Gasteiger partial charge in [-0.25, -0.2) is 9.83 Å². The first kappa shape index (κ1) is 29.2. The second-order valence-corrected chi connectivity index (χ2v) is 13.4. The maximum atomic E-state index is 10.6. The van der Waals surface area contributed by atoms with Crippen molar-refractivity contribution in [2.45, 2.75) is 26.2 Å². The molecule has 222 valence electrons. The van der Waals surface area contributed by atoms with Crippen molar-refractivity contribution in [2.75, 3.05) is 0 Å². The molecule has 1 N–H and O–H groups in total. The summed E-state index contributed by atoms with van der Waals surface area (Å²) >= 11 is 1.64. The summed E-state index contributed by atoms with van der Waals surface area (Å²) in [6, 6.07) is 40.7. The van der Waals surface area contributed by atoms with Crippen molar-refractivity contribution >= 4 is 49.9 Å². The van der Waals surface area contributed by atoms with Gasteiger partial charge < -0.3 is 5.11 Å². The van der Waals surface area contributed by atoms with Gasteiger partial charge in [0.2, 0.25) is 0 Å². The molecule has 0 saturated carbocycles. The highest BCUT2D eigenvalue weighted by molar-refractivity contribution is 7.21. The number of phenolic OH excluding ortho intramolecular Hbond substituents is 1. The van der Waals surface area contributed by atoms with E-state index < -0.39 is 0 Å². The van der Waals surface area contributed by atoms with Crippen LogP contribution in [0.2, 0.25) is 0 Å². The lowest BCUT2D eigenvalue weighted by Gasteiger charge is -2.19. The number of para-hydroxylation sites is 1. The van der Waals surface area contributed by atoms with Crippen molar-refractivity contribution in [1.29, 1.82) is 0 Å². The van der Waals surface area contributed by atoms with Gasteiger partial charge in [0.1, 0.15) is 10.8 Å². The van der Waals surface area contributed by atoms with E-state index in [1.54, 1.807) is 23.6 Å². The van der Waals surface area contributed by atoms with Gasteiger partial charge in [-0.2, -0.15) is 0 Å². The van der Waals surface area contributed by atoms with Crippen LogP contribution < -0.4 is 0 Å². The van der Waals surface area contributed by atoms with E-state index in [-0.39, 0.29) is 11.2 Å². The van der Waals surface area contributed by atoms with Crippen LogP contribution in [0, 0.1) is 6.57 Å². The normalized spacial score (nSPS) is 11.8. The third-order valence-corrected chi connectivity index (χ3v) is 9.31. The van der Waals surface area contributed by atoms with Crippen LogP contribution in [-0.2, 0) is 5.41 Å². The Morgan fingerprint density at radius 2 is 1.50 bits per heavy atom. The number of fused-ring (bicyclic) bond motifs is 2. The van der Waals surface area contributed by atoms with Gasteiger partial charge in [-0.05, 0) is 74.8 Å². The van der Waals surface area contributed by atoms with E-state index in [2.05, 4.69) is 86.3 Å². The molecule has 46 heavy (non-hydrogen) atoms. The second-order valence-electron chi connectivity index (χ2n) is 12.4. The molecule has 0 aliphatic carbocycles. The average molecular weight is 614 g/mol. The summed E-state index contributed by atoms with van der Waals surface area (Å²) in [5.41, 5.74) is 9.34. The second kappa shape index (κ2) is 11.7. The number of aromatic nitrogens is 1. The Kier molecular flexibility index (Phi) is 7.44. The zero-order chi connectivity index (χ0) is 31.8. The molecule has 1 aromatic heterocycles. The molecule has 0 unspecified atom stereocenters. The smallest absolute Gasteiger partial charge is 0.187 e. The van der Waals surface area contributed by atoms with Gasteiger partial charge in [0.05, 0.1) is 22.5 Å². The largest absolute Gasteiger partial charge is 0.507 e. The molecular weight excluding hydrogens is 583 g/mol. The minimum atomic E-state index is -0.0468. The fourth-order valence-electron chi connectivity index (χ4n) is 5.74. The summed E-state index contributed by atoms with van der Waals surface area (Å²) in [5, 5.41) is 13.8. The number of hydrogen-bond acceptors (Lipinski definition) is 4. The molecule has 0 aliphatic heterocycles. The monoisotopic (exact) mass is 613 g/mol. The molecule has 0 saturated heterocycles. The quantitative estimate of drug-likeness (QED) is 0.155. The Morgan fingerprint density at radius 3 is 2.30 bits per heavy atom. The first-order valence-electron chi connectivity index (χ1n) is 15.2. The lowest BCUT2D eigenvalue weighted by atomic mass is 9.86. The number of hydrogen-bond donors (Lipinski definition) is 1. The van der Waals surface area contributed by atoms with Crippen LogP contribution in [0.25, 0.3) is 58.7 Å². The lowest BCUT2D eigenvalue weighted by molar-refractivity contribution is 0.473. The minimum absolute atomic E-state index is 0.0468. The standard InChI is InChI=1S/C41H31N3OS/c1-41(2,3)30-18-21-37(45)29(22-30)25-43-36-15-8-7-13-34(36)40-44-39-35(33-14-9-11-27-10-5-6-12-32(27)33)23-28(24-38(39)46-40)26-16-19-31(42-4)20-17-26/h5-25,45H,1-3H3. The third kappa shape index (κ3) is 5.56. The number of benzene rings is 6. The number of phenols is 1. The van der Waals surface area contributed by atoms with Crippen molar-refractivity contribution in [3.8, 4) is 38.6 Å². The van der Waals surface area contributed by atoms with Crippen LogP contribution in [0.4, 0.5) is 11.4 Å². The number of thiazole rings is 1. The Morgan fingerprint density at radius 1 is 0.761 bits per heavy atom. The number of rotatable bonds is 5. The Balaban J connectivity index is 1.39. The number of nitrogens with zero attached hydrogens (tertiary/aromatic N) is 3. The Bertz CT molecular complexity index is 2310. The van der Waals surface area contributed by atoms with Crippen LogP contribution in [-0.4, -0.2) is 16.3 Å². The number of aliphatic imine (C=N–C) groups is 1. The van der Waals surface area contributed by atoms with E-state index in [4.69, 9.17) is 16.5 Å². The van der Waals surface area contributed by atoms with E-state index in [9.17, 15) is 5.11 Å². The SMILES string of the molecule is [C-]#[N+]c1ccc(-c2cc(-c3cccc4ccccc34)c3nc(-c4ccccc4N=Cc4cc(C(C)(C)C)ccc4O)sc3c2)cc1. The highest BCUT2D eigenvalue weighted by Gasteiger charge is 2.18. The molecule has 5 heteroatoms. The molecule has 0 aliphatic rings. The van der Waals surface area contributed by atoms with Crippen molar-refractivity contribution < 1.29 is 5.11 Å². The Labute approximate surface area is 272 Å². The zero-order valence-electron chi connectivity index (χ0n) is 25.8. The molecule has 0 amide bonds. The van der Waals surface area contributed by atoms with Crippen LogP contribution in [0.15, 0.2) is 126 Å². The Hall–Kier alpha value is -5.57. The van der Waals surface area contributed by atoms with Gasteiger partial charge in [0, 0.05) is 22.9 Å². The molecule has 4 nitrogen and oxygen atoms in total. The van der Waals surface area contributed by atoms with Gasteiger partial charge >= 0.3 is 0 Å². The van der Waals surface area contributed by atoms with Gasteiger partial charge in [0.15, 0.2) is 5.69 Å². The third-order valence-electron chi connectivity index (χ3n) is 8.28. The molecule has 6 aromatic carbocycles. The van der Waals surface area contributed by atoms with E-state index in [1.165, 1.54) is 10.8 Å². The fraction of sp³-hybridized carbons (Fsp3) is 0.0976. The predicted octanol–water partition coefficient (Wildman–Crippen LogP) is 11.8. The lowest BCUT2D eigenvalue weighted by Crippen LogP contribution is -2.11. The molecule has 0 radical (unpaired) electrons.